The Hall–Kier alpha value is -2.29. The summed E-state index contributed by atoms with van der Waals surface area (Å²) in [5.74, 6) is 0.681. The second kappa shape index (κ2) is 5.24. The van der Waals surface area contributed by atoms with E-state index in [1.165, 1.54) is 16.5 Å². The van der Waals surface area contributed by atoms with Crippen LogP contribution < -0.4 is 4.74 Å². The van der Waals surface area contributed by atoms with E-state index in [4.69, 9.17) is 4.74 Å². The number of hydrogen-bond donors (Lipinski definition) is 1. The molecule has 3 heteroatoms. The number of aromatic amines is 1. The topological polar surface area (TPSA) is 37.9 Å². The third kappa shape index (κ3) is 2.29. The molecule has 0 unspecified atom stereocenters. The zero-order valence-electron chi connectivity index (χ0n) is 12.9. The standard InChI is InChI=1S/C18H20N2O/c1-5-13-7-9-16-15(10-13)17(12(3)20-16)14-8-6-11(2)19-18(14)21-4/h6-10,20H,5H2,1-4H3. The fourth-order valence-electron chi connectivity index (χ4n) is 2.82. The SMILES string of the molecule is CCc1ccc2[nH]c(C)c(-c3ccc(C)nc3OC)c2c1. The van der Waals surface area contributed by atoms with Crippen molar-refractivity contribution in [2.75, 3.05) is 7.11 Å². The van der Waals surface area contributed by atoms with E-state index in [1.54, 1.807) is 7.11 Å². The summed E-state index contributed by atoms with van der Waals surface area (Å²) in [6, 6.07) is 10.7. The molecule has 0 saturated heterocycles. The van der Waals surface area contributed by atoms with Crippen LogP contribution in [0.3, 0.4) is 0 Å². The van der Waals surface area contributed by atoms with Crippen molar-refractivity contribution < 1.29 is 4.74 Å². The van der Waals surface area contributed by atoms with Gasteiger partial charge in [0.15, 0.2) is 0 Å². The lowest BCUT2D eigenvalue weighted by Gasteiger charge is -2.09. The van der Waals surface area contributed by atoms with Gasteiger partial charge in [-0.15, -0.1) is 0 Å². The van der Waals surface area contributed by atoms with Gasteiger partial charge in [0.25, 0.3) is 0 Å². The fraction of sp³-hybridized carbons (Fsp3) is 0.278. The summed E-state index contributed by atoms with van der Waals surface area (Å²) in [5.41, 5.74) is 6.82. The van der Waals surface area contributed by atoms with Crippen molar-refractivity contribution in [1.82, 2.24) is 9.97 Å². The van der Waals surface area contributed by atoms with E-state index < -0.39 is 0 Å². The highest BCUT2D eigenvalue weighted by Crippen LogP contribution is 2.37. The predicted molar refractivity (Wildman–Crippen MR) is 86.9 cm³/mol. The second-order valence-electron chi connectivity index (χ2n) is 5.37. The molecule has 0 aliphatic carbocycles. The summed E-state index contributed by atoms with van der Waals surface area (Å²) in [4.78, 5) is 7.96. The molecule has 0 fully saturated rings. The maximum absolute atomic E-state index is 5.49. The third-order valence-corrected chi connectivity index (χ3v) is 3.92. The number of benzene rings is 1. The number of nitrogens with zero attached hydrogens (tertiary/aromatic N) is 1. The number of hydrogen-bond acceptors (Lipinski definition) is 2. The number of nitrogens with one attached hydrogen (secondary N) is 1. The van der Waals surface area contributed by atoms with Crippen LogP contribution in [-0.2, 0) is 6.42 Å². The lowest BCUT2D eigenvalue weighted by Crippen LogP contribution is -1.94. The first-order valence-electron chi connectivity index (χ1n) is 7.27. The number of aromatic nitrogens is 2. The van der Waals surface area contributed by atoms with Crippen molar-refractivity contribution in [1.29, 1.82) is 0 Å². The summed E-state index contributed by atoms with van der Waals surface area (Å²) < 4.78 is 5.49. The first-order chi connectivity index (χ1) is 10.1. The summed E-state index contributed by atoms with van der Waals surface area (Å²) >= 11 is 0. The van der Waals surface area contributed by atoms with Crippen molar-refractivity contribution >= 4 is 10.9 Å². The van der Waals surface area contributed by atoms with Crippen molar-refractivity contribution in [3.8, 4) is 17.0 Å². The highest BCUT2D eigenvalue weighted by molar-refractivity contribution is 5.98. The molecule has 0 radical (unpaired) electrons. The Balaban J connectivity index is 2.31. The van der Waals surface area contributed by atoms with E-state index in [9.17, 15) is 0 Å². The minimum absolute atomic E-state index is 0.681. The molecule has 0 aliphatic rings. The molecule has 21 heavy (non-hydrogen) atoms. The van der Waals surface area contributed by atoms with E-state index in [0.717, 1.165) is 28.9 Å². The van der Waals surface area contributed by atoms with Gasteiger partial charge in [-0.25, -0.2) is 4.98 Å². The Morgan fingerprint density at radius 2 is 1.95 bits per heavy atom. The third-order valence-electron chi connectivity index (χ3n) is 3.92. The molecule has 1 N–H and O–H groups in total. The molecule has 0 bridgehead atoms. The van der Waals surface area contributed by atoms with Gasteiger partial charge in [-0.3, -0.25) is 0 Å². The zero-order chi connectivity index (χ0) is 15.0. The predicted octanol–water partition coefficient (Wildman–Crippen LogP) is 4.42. The molecule has 0 spiro atoms. The first-order valence-corrected chi connectivity index (χ1v) is 7.27. The Labute approximate surface area is 125 Å². The van der Waals surface area contributed by atoms with Crippen molar-refractivity contribution in [2.24, 2.45) is 0 Å². The first kappa shape index (κ1) is 13.7. The lowest BCUT2D eigenvalue weighted by molar-refractivity contribution is 0.399. The van der Waals surface area contributed by atoms with Gasteiger partial charge in [0.2, 0.25) is 5.88 Å². The molecular weight excluding hydrogens is 260 g/mol. The lowest BCUT2D eigenvalue weighted by atomic mass is 10.0. The summed E-state index contributed by atoms with van der Waals surface area (Å²) in [7, 11) is 1.67. The minimum atomic E-state index is 0.681. The summed E-state index contributed by atoms with van der Waals surface area (Å²) in [6.45, 7) is 6.25. The van der Waals surface area contributed by atoms with Crippen LogP contribution in [-0.4, -0.2) is 17.1 Å². The molecule has 1 aromatic carbocycles. The Kier molecular flexibility index (Phi) is 3.42. The Bertz CT molecular complexity index is 802. The van der Waals surface area contributed by atoms with Gasteiger partial charge in [0.05, 0.1) is 7.11 Å². The van der Waals surface area contributed by atoms with E-state index >= 15 is 0 Å². The number of pyridine rings is 1. The molecule has 3 nitrogen and oxygen atoms in total. The number of aryl methyl sites for hydroxylation is 3. The summed E-state index contributed by atoms with van der Waals surface area (Å²) in [6.07, 6.45) is 1.03. The monoisotopic (exact) mass is 280 g/mol. The van der Waals surface area contributed by atoms with Gasteiger partial charge in [-0.2, -0.15) is 0 Å². The number of ether oxygens (including phenoxy) is 1. The largest absolute Gasteiger partial charge is 0.481 e. The average Bonchev–Trinajstić information content (AvgIpc) is 2.82. The van der Waals surface area contributed by atoms with Crippen molar-refractivity contribution in [3.05, 3.63) is 47.3 Å². The number of methoxy groups -OCH3 is 1. The highest BCUT2D eigenvalue weighted by atomic mass is 16.5. The quantitative estimate of drug-likeness (QED) is 0.771. The molecular formula is C18H20N2O. The van der Waals surface area contributed by atoms with Gasteiger partial charge in [-0.05, 0) is 50.1 Å². The molecule has 2 aromatic heterocycles. The second-order valence-corrected chi connectivity index (χ2v) is 5.37. The highest BCUT2D eigenvalue weighted by Gasteiger charge is 2.16. The Morgan fingerprint density at radius 3 is 2.67 bits per heavy atom. The molecule has 3 aromatic rings. The van der Waals surface area contributed by atoms with Gasteiger partial charge >= 0.3 is 0 Å². The number of rotatable bonds is 3. The normalized spacial score (nSPS) is 11.0. The molecule has 3 rings (SSSR count). The number of H-pyrrole nitrogens is 1. The maximum atomic E-state index is 5.49. The molecule has 0 amide bonds. The van der Waals surface area contributed by atoms with Gasteiger partial charge in [-0.1, -0.05) is 13.0 Å². The average molecular weight is 280 g/mol. The van der Waals surface area contributed by atoms with Crippen LogP contribution in [0.2, 0.25) is 0 Å². The van der Waals surface area contributed by atoms with Crippen LogP contribution in [0.1, 0.15) is 23.9 Å². The van der Waals surface area contributed by atoms with E-state index in [1.807, 2.05) is 13.0 Å². The van der Waals surface area contributed by atoms with E-state index in [-0.39, 0.29) is 0 Å². The molecule has 0 saturated carbocycles. The molecule has 108 valence electrons. The van der Waals surface area contributed by atoms with Gasteiger partial charge < -0.3 is 9.72 Å². The van der Waals surface area contributed by atoms with Crippen LogP contribution in [0.4, 0.5) is 0 Å². The summed E-state index contributed by atoms with van der Waals surface area (Å²) in [5, 5.41) is 1.23. The Morgan fingerprint density at radius 1 is 1.14 bits per heavy atom. The van der Waals surface area contributed by atoms with Gasteiger partial charge in [0.1, 0.15) is 0 Å². The fourth-order valence-corrected chi connectivity index (χ4v) is 2.82. The smallest absolute Gasteiger partial charge is 0.221 e. The van der Waals surface area contributed by atoms with E-state index in [2.05, 4.69) is 48.1 Å². The maximum Gasteiger partial charge on any atom is 0.221 e. The van der Waals surface area contributed by atoms with E-state index in [0.29, 0.717) is 5.88 Å². The number of fused-ring (bicyclic) bond motifs is 1. The van der Waals surface area contributed by atoms with Crippen LogP contribution in [0.25, 0.3) is 22.0 Å². The molecule has 0 aliphatic heterocycles. The van der Waals surface area contributed by atoms with Crippen LogP contribution in [0, 0.1) is 13.8 Å². The minimum Gasteiger partial charge on any atom is -0.481 e. The zero-order valence-corrected chi connectivity index (χ0v) is 12.9. The van der Waals surface area contributed by atoms with Crippen LogP contribution >= 0.6 is 0 Å². The van der Waals surface area contributed by atoms with Crippen LogP contribution in [0.15, 0.2) is 30.3 Å². The van der Waals surface area contributed by atoms with Gasteiger partial charge in [0, 0.05) is 33.4 Å². The van der Waals surface area contributed by atoms with Crippen molar-refractivity contribution in [2.45, 2.75) is 27.2 Å². The molecule has 0 atom stereocenters. The molecule has 2 heterocycles. The van der Waals surface area contributed by atoms with Crippen molar-refractivity contribution in [3.63, 3.8) is 0 Å². The van der Waals surface area contributed by atoms with Crippen LogP contribution in [0.5, 0.6) is 5.88 Å².